The Balaban J connectivity index is 0.00000420. The Kier molecular flexibility index (Phi) is 11.3. The first kappa shape index (κ1) is 25.5. The number of piperidine rings is 1. The second-order valence-corrected chi connectivity index (χ2v) is 8.12. The molecule has 2 atom stereocenters. The summed E-state index contributed by atoms with van der Waals surface area (Å²) < 4.78 is 0. The lowest BCUT2D eigenvalue weighted by molar-refractivity contribution is -0.122. The number of hydrogen-bond acceptors (Lipinski definition) is 4. The average molecular weight is 516 g/mol. The maximum Gasteiger partial charge on any atom is 0.222 e. The fourth-order valence-corrected chi connectivity index (χ4v) is 3.52. The number of pyridine rings is 1. The molecule has 1 aromatic heterocycles. The number of nitrogens with one attached hydrogen (secondary N) is 2. The zero-order chi connectivity index (χ0) is 20.5. The maximum absolute atomic E-state index is 11.6. The van der Waals surface area contributed by atoms with Crippen LogP contribution in [0.4, 0.5) is 5.82 Å². The van der Waals surface area contributed by atoms with Crippen LogP contribution in [0.2, 0.25) is 0 Å². The Hall–Kier alpha value is -1.58. The van der Waals surface area contributed by atoms with Gasteiger partial charge in [-0.05, 0) is 44.6 Å². The number of aliphatic imine (C=N–C) groups is 1. The van der Waals surface area contributed by atoms with Crippen LogP contribution in [-0.2, 0) is 11.3 Å². The number of carbonyl (C=O) groups is 1. The molecule has 164 valence electrons. The molecule has 2 rings (SSSR count). The second-order valence-electron chi connectivity index (χ2n) is 8.12. The van der Waals surface area contributed by atoms with E-state index in [0.717, 1.165) is 43.1 Å². The Labute approximate surface area is 192 Å². The van der Waals surface area contributed by atoms with Gasteiger partial charge in [-0.2, -0.15) is 0 Å². The van der Waals surface area contributed by atoms with E-state index in [9.17, 15) is 4.79 Å². The molecule has 2 unspecified atom stereocenters. The SMILES string of the molecule is CN=C(NCc1cccnc1N1CCCC(C(N)=O)C1)NC(C)CCC(C)C.I. The van der Waals surface area contributed by atoms with E-state index in [0.29, 0.717) is 25.0 Å². The van der Waals surface area contributed by atoms with Gasteiger partial charge in [0.05, 0.1) is 5.92 Å². The average Bonchev–Trinajstić information content (AvgIpc) is 2.69. The summed E-state index contributed by atoms with van der Waals surface area (Å²) in [6.07, 6.45) is 5.91. The molecule has 0 saturated carbocycles. The number of amides is 1. The fraction of sp³-hybridized carbons (Fsp3) is 0.667. The van der Waals surface area contributed by atoms with Gasteiger partial charge in [0.2, 0.25) is 5.91 Å². The van der Waals surface area contributed by atoms with Crippen molar-refractivity contribution < 1.29 is 4.79 Å². The van der Waals surface area contributed by atoms with E-state index >= 15 is 0 Å². The number of nitrogens with zero attached hydrogens (tertiary/aromatic N) is 3. The smallest absolute Gasteiger partial charge is 0.222 e. The van der Waals surface area contributed by atoms with Crippen LogP contribution >= 0.6 is 24.0 Å². The highest BCUT2D eigenvalue weighted by Gasteiger charge is 2.26. The lowest BCUT2D eigenvalue weighted by Crippen LogP contribution is -2.43. The minimum atomic E-state index is -0.222. The van der Waals surface area contributed by atoms with Gasteiger partial charge in [-0.15, -0.1) is 24.0 Å². The molecule has 1 saturated heterocycles. The maximum atomic E-state index is 11.6. The normalized spacial score (nSPS) is 18.2. The van der Waals surface area contributed by atoms with Crippen LogP contribution in [0.5, 0.6) is 0 Å². The van der Waals surface area contributed by atoms with E-state index in [2.05, 4.69) is 52.3 Å². The van der Waals surface area contributed by atoms with Crippen molar-refractivity contribution in [2.45, 2.75) is 59.0 Å². The summed E-state index contributed by atoms with van der Waals surface area (Å²) in [4.78, 5) is 22.7. The van der Waals surface area contributed by atoms with Crippen molar-refractivity contribution in [3.05, 3.63) is 23.9 Å². The van der Waals surface area contributed by atoms with Crippen LogP contribution in [-0.4, -0.2) is 43.0 Å². The highest BCUT2D eigenvalue weighted by Crippen LogP contribution is 2.24. The Morgan fingerprint density at radius 3 is 2.79 bits per heavy atom. The van der Waals surface area contributed by atoms with Crippen molar-refractivity contribution in [1.82, 2.24) is 15.6 Å². The van der Waals surface area contributed by atoms with Crippen molar-refractivity contribution in [3.8, 4) is 0 Å². The summed E-state index contributed by atoms with van der Waals surface area (Å²) in [5, 5.41) is 6.86. The summed E-state index contributed by atoms with van der Waals surface area (Å²) in [6.45, 7) is 8.83. The first-order valence-corrected chi connectivity index (χ1v) is 10.4. The first-order chi connectivity index (χ1) is 13.4. The zero-order valence-electron chi connectivity index (χ0n) is 18.1. The van der Waals surface area contributed by atoms with Gasteiger partial charge in [0.15, 0.2) is 5.96 Å². The topological polar surface area (TPSA) is 95.6 Å². The van der Waals surface area contributed by atoms with Gasteiger partial charge < -0.3 is 21.3 Å². The van der Waals surface area contributed by atoms with E-state index < -0.39 is 0 Å². The zero-order valence-corrected chi connectivity index (χ0v) is 20.5. The van der Waals surface area contributed by atoms with E-state index in [1.807, 2.05) is 6.07 Å². The van der Waals surface area contributed by atoms with Crippen molar-refractivity contribution in [3.63, 3.8) is 0 Å². The number of aromatic nitrogens is 1. The number of guanidine groups is 1. The summed E-state index contributed by atoms with van der Waals surface area (Å²) in [5.74, 6) is 2.09. The second kappa shape index (κ2) is 12.9. The van der Waals surface area contributed by atoms with E-state index in [1.165, 1.54) is 6.42 Å². The van der Waals surface area contributed by atoms with Crippen LogP contribution < -0.4 is 21.3 Å². The van der Waals surface area contributed by atoms with E-state index in [-0.39, 0.29) is 35.8 Å². The summed E-state index contributed by atoms with van der Waals surface area (Å²) in [7, 11) is 1.79. The van der Waals surface area contributed by atoms with Gasteiger partial charge in [0.1, 0.15) is 5.82 Å². The number of halogens is 1. The van der Waals surface area contributed by atoms with E-state index in [4.69, 9.17) is 5.73 Å². The van der Waals surface area contributed by atoms with Crippen LogP contribution in [0.15, 0.2) is 23.3 Å². The molecular formula is C21H37IN6O. The lowest BCUT2D eigenvalue weighted by Gasteiger charge is -2.33. The predicted octanol–water partition coefficient (Wildman–Crippen LogP) is 2.89. The molecule has 1 aromatic rings. The number of rotatable bonds is 8. The van der Waals surface area contributed by atoms with Gasteiger partial charge in [0.25, 0.3) is 0 Å². The third-order valence-corrected chi connectivity index (χ3v) is 5.22. The summed E-state index contributed by atoms with van der Waals surface area (Å²) in [5.41, 5.74) is 6.62. The van der Waals surface area contributed by atoms with Crippen LogP contribution in [0.25, 0.3) is 0 Å². The monoisotopic (exact) mass is 516 g/mol. The molecule has 0 aromatic carbocycles. The van der Waals surface area contributed by atoms with Crippen LogP contribution in [0.3, 0.4) is 0 Å². The summed E-state index contributed by atoms with van der Waals surface area (Å²) in [6, 6.07) is 4.37. The standard InChI is InChI=1S/C21H36N6O.HI/c1-15(2)9-10-16(3)26-21(23-4)25-13-17-7-5-11-24-20(17)27-12-6-8-18(14-27)19(22)28;/h5,7,11,15-16,18H,6,8-10,12-14H2,1-4H3,(H2,22,28)(H2,23,25,26);1H. The van der Waals surface area contributed by atoms with Gasteiger partial charge in [-0.3, -0.25) is 9.79 Å². The van der Waals surface area contributed by atoms with Crippen molar-refractivity contribution >= 4 is 41.7 Å². The van der Waals surface area contributed by atoms with Crippen molar-refractivity contribution in [1.29, 1.82) is 0 Å². The molecule has 8 heteroatoms. The molecule has 0 bridgehead atoms. The molecule has 29 heavy (non-hydrogen) atoms. The number of hydrogen-bond donors (Lipinski definition) is 3. The Morgan fingerprint density at radius 2 is 2.14 bits per heavy atom. The molecule has 0 spiro atoms. The number of carbonyl (C=O) groups excluding carboxylic acids is 1. The van der Waals surface area contributed by atoms with Gasteiger partial charge >= 0.3 is 0 Å². The molecule has 0 aliphatic carbocycles. The van der Waals surface area contributed by atoms with Gasteiger partial charge in [0, 0.05) is 44.5 Å². The van der Waals surface area contributed by atoms with Gasteiger partial charge in [-0.25, -0.2) is 4.98 Å². The number of nitrogens with two attached hydrogens (primary N) is 1. The highest BCUT2D eigenvalue weighted by molar-refractivity contribution is 14.0. The minimum Gasteiger partial charge on any atom is -0.369 e. The molecule has 1 aliphatic rings. The first-order valence-electron chi connectivity index (χ1n) is 10.4. The largest absolute Gasteiger partial charge is 0.369 e. The third-order valence-electron chi connectivity index (χ3n) is 5.22. The fourth-order valence-electron chi connectivity index (χ4n) is 3.52. The van der Waals surface area contributed by atoms with Crippen molar-refractivity contribution in [2.24, 2.45) is 22.6 Å². The quantitative estimate of drug-likeness (QED) is 0.281. The highest BCUT2D eigenvalue weighted by atomic mass is 127. The number of primary amides is 1. The molecule has 0 radical (unpaired) electrons. The molecule has 1 amide bonds. The molecule has 1 fully saturated rings. The molecular weight excluding hydrogens is 479 g/mol. The lowest BCUT2D eigenvalue weighted by atomic mass is 9.97. The Morgan fingerprint density at radius 1 is 1.38 bits per heavy atom. The van der Waals surface area contributed by atoms with E-state index in [1.54, 1.807) is 13.2 Å². The van der Waals surface area contributed by atoms with Crippen LogP contribution in [0, 0.1) is 11.8 Å². The Bertz CT molecular complexity index is 666. The molecule has 4 N–H and O–H groups in total. The van der Waals surface area contributed by atoms with Crippen molar-refractivity contribution in [2.75, 3.05) is 25.0 Å². The van der Waals surface area contributed by atoms with Crippen LogP contribution in [0.1, 0.15) is 52.0 Å². The minimum absolute atomic E-state index is 0. The van der Waals surface area contributed by atoms with Gasteiger partial charge in [-0.1, -0.05) is 19.9 Å². The summed E-state index contributed by atoms with van der Waals surface area (Å²) >= 11 is 0. The molecule has 1 aliphatic heterocycles. The molecule has 2 heterocycles. The third kappa shape index (κ3) is 8.36. The number of anilines is 1. The molecule has 7 nitrogen and oxygen atoms in total. The predicted molar refractivity (Wildman–Crippen MR) is 131 cm³/mol.